The monoisotopic (exact) mass is 276 g/mol. The van der Waals surface area contributed by atoms with Crippen molar-refractivity contribution in [3.8, 4) is 0 Å². The third-order valence-corrected chi connectivity index (χ3v) is 4.65. The van der Waals surface area contributed by atoms with Crippen molar-refractivity contribution in [2.75, 3.05) is 25.6 Å². The third kappa shape index (κ3) is 4.24. The summed E-state index contributed by atoms with van der Waals surface area (Å²) in [5, 5.41) is 0. The van der Waals surface area contributed by atoms with E-state index in [1.165, 1.54) is 11.2 Å². The molecule has 18 heavy (non-hydrogen) atoms. The molecule has 3 unspecified atom stereocenters. The van der Waals surface area contributed by atoms with E-state index in [-0.39, 0.29) is 36.1 Å². The third-order valence-electron chi connectivity index (χ3n) is 3.73. The van der Waals surface area contributed by atoms with Crippen LogP contribution in [0.3, 0.4) is 0 Å². The Labute approximate surface area is 110 Å². The molecule has 0 radical (unpaired) electrons. The molecule has 0 bridgehead atoms. The molecule has 1 rings (SSSR count). The Kier molecular flexibility index (Phi) is 5.16. The summed E-state index contributed by atoms with van der Waals surface area (Å²) < 4.78 is 22.2. The van der Waals surface area contributed by atoms with Crippen LogP contribution in [0.15, 0.2) is 0 Å². The molecule has 1 aliphatic rings. The van der Waals surface area contributed by atoms with Crippen molar-refractivity contribution >= 4 is 15.7 Å². The molecular formula is C12H24N2O3S. The van der Waals surface area contributed by atoms with E-state index < -0.39 is 9.84 Å². The standard InChI is InChI=1S/C12H24N2O3S/c1-9-5-4-6-10(13)11(9)12(15)14(2)7-8-18(3,16)17/h9-11H,4-8,13H2,1-3H3. The number of rotatable bonds is 4. The minimum Gasteiger partial charge on any atom is -0.344 e. The summed E-state index contributed by atoms with van der Waals surface area (Å²) >= 11 is 0. The number of nitrogens with two attached hydrogens (primary N) is 1. The molecule has 1 fully saturated rings. The Balaban J connectivity index is 2.62. The van der Waals surface area contributed by atoms with Gasteiger partial charge in [0.05, 0.1) is 11.7 Å². The van der Waals surface area contributed by atoms with Crippen molar-refractivity contribution in [3.05, 3.63) is 0 Å². The number of carbonyl (C=O) groups is 1. The molecule has 0 aliphatic heterocycles. The van der Waals surface area contributed by atoms with E-state index >= 15 is 0 Å². The maximum atomic E-state index is 12.3. The van der Waals surface area contributed by atoms with E-state index in [1.807, 2.05) is 6.92 Å². The van der Waals surface area contributed by atoms with Crippen molar-refractivity contribution in [1.82, 2.24) is 4.90 Å². The largest absolute Gasteiger partial charge is 0.344 e. The van der Waals surface area contributed by atoms with Gasteiger partial charge in [0.2, 0.25) is 5.91 Å². The average molecular weight is 276 g/mol. The van der Waals surface area contributed by atoms with Gasteiger partial charge >= 0.3 is 0 Å². The molecule has 0 aromatic heterocycles. The molecule has 1 aliphatic carbocycles. The first-order valence-corrected chi connectivity index (χ1v) is 8.46. The summed E-state index contributed by atoms with van der Waals surface area (Å²) in [7, 11) is -1.38. The van der Waals surface area contributed by atoms with E-state index in [0.717, 1.165) is 19.3 Å². The fraction of sp³-hybridized carbons (Fsp3) is 0.917. The zero-order valence-corrected chi connectivity index (χ0v) is 12.2. The topological polar surface area (TPSA) is 80.5 Å². The molecule has 0 aromatic rings. The van der Waals surface area contributed by atoms with Crippen molar-refractivity contribution in [2.24, 2.45) is 17.6 Å². The predicted molar refractivity (Wildman–Crippen MR) is 71.8 cm³/mol. The summed E-state index contributed by atoms with van der Waals surface area (Å²) in [6.45, 7) is 2.29. The molecule has 0 heterocycles. The van der Waals surface area contributed by atoms with Gasteiger partial charge in [-0.15, -0.1) is 0 Å². The molecule has 0 aromatic carbocycles. The summed E-state index contributed by atoms with van der Waals surface area (Å²) in [6.07, 6.45) is 4.14. The van der Waals surface area contributed by atoms with Crippen LogP contribution in [-0.2, 0) is 14.6 Å². The predicted octanol–water partition coefficient (Wildman–Crippen LogP) is 0.253. The number of hydrogen-bond donors (Lipinski definition) is 1. The van der Waals surface area contributed by atoms with Crippen LogP contribution in [-0.4, -0.2) is 50.9 Å². The van der Waals surface area contributed by atoms with Gasteiger partial charge in [-0.2, -0.15) is 0 Å². The van der Waals surface area contributed by atoms with E-state index in [0.29, 0.717) is 0 Å². The second kappa shape index (κ2) is 6.02. The fourth-order valence-corrected chi connectivity index (χ4v) is 3.16. The van der Waals surface area contributed by atoms with Gasteiger partial charge in [-0.3, -0.25) is 4.79 Å². The lowest BCUT2D eigenvalue weighted by Gasteiger charge is -2.35. The Bertz CT molecular complexity index is 384. The van der Waals surface area contributed by atoms with Crippen LogP contribution in [0.25, 0.3) is 0 Å². The normalized spacial score (nSPS) is 29.0. The highest BCUT2D eigenvalue weighted by atomic mass is 32.2. The smallest absolute Gasteiger partial charge is 0.227 e. The zero-order chi connectivity index (χ0) is 13.9. The van der Waals surface area contributed by atoms with Crippen LogP contribution in [0.5, 0.6) is 0 Å². The highest BCUT2D eigenvalue weighted by Crippen LogP contribution is 2.30. The minimum atomic E-state index is -3.04. The van der Waals surface area contributed by atoms with Gasteiger partial charge in [-0.1, -0.05) is 13.3 Å². The number of nitrogens with zero attached hydrogens (tertiary/aromatic N) is 1. The first-order chi connectivity index (χ1) is 8.22. The number of hydrogen-bond acceptors (Lipinski definition) is 4. The second-order valence-corrected chi connectivity index (χ2v) is 7.75. The Morgan fingerprint density at radius 2 is 2.00 bits per heavy atom. The van der Waals surface area contributed by atoms with Gasteiger partial charge in [0.1, 0.15) is 9.84 Å². The maximum absolute atomic E-state index is 12.3. The highest BCUT2D eigenvalue weighted by molar-refractivity contribution is 7.90. The molecule has 6 heteroatoms. The van der Waals surface area contributed by atoms with Gasteiger partial charge in [0.15, 0.2) is 0 Å². The summed E-state index contributed by atoms with van der Waals surface area (Å²) in [6, 6.07) is -0.0954. The van der Waals surface area contributed by atoms with Crippen LogP contribution < -0.4 is 5.73 Å². The van der Waals surface area contributed by atoms with Crippen LogP contribution in [0.2, 0.25) is 0 Å². The van der Waals surface area contributed by atoms with E-state index in [9.17, 15) is 13.2 Å². The molecule has 0 spiro atoms. The highest BCUT2D eigenvalue weighted by Gasteiger charge is 2.35. The molecule has 106 valence electrons. The summed E-state index contributed by atoms with van der Waals surface area (Å²) in [5.41, 5.74) is 6.02. The molecule has 1 amide bonds. The Morgan fingerprint density at radius 3 is 2.50 bits per heavy atom. The van der Waals surface area contributed by atoms with Gasteiger partial charge < -0.3 is 10.6 Å². The lowest BCUT2D eigenvalue weighted by Crippen LogP contribution is -2.48. The van der Waals surface area contributed by atoms with Crippen LogP contribution in [0.1, 0.15) is 26.2 Å². The van der Waals surface area contributed by atoms with Crippen molar-refractivity contribution in [3.63, 3.8) is 0 Å². The number of amides is 1. The molecule has 5 nitrogen and oxygen atoms in total. The first kappa shape index (κ1) is 15.4. The van der Waals surface area contributed by atoms with Gasteiger partial charge in [-0.05, 0) is 18.8 Å². The molecule has 3 atom stereocenters. The van der Waals surface area contributed by atoms with Crippen LogP contribution >= 0.6 is 0 Å². The summed E-state index contributed by atoms with van der Waals surface area (Å²) in [5.74, 6) is 0.106. The van der Waals surface area contributed by atoms with Crippen molar-refractivity contribution in [2.45, 2.75) is 32.2 Å². The molecule has 2 N–H and O–H groups in total. The average Bonchev–Trinajstić information content (AvgIpc) is 2.24. The van der Waals surface area contributed by atoms with Crippen LogP contribution in [0, 0.1) is 11.8 Å². The second-order valence-electron chi connectivity index (χ2n) is 5.49. The van der Waals surface area contributed by atoms with Crippen molar-refractivity contribution in [1.29, 1.82) is 0 Å². The maximum Gasteiger partial charge on any atom is 0.227 e. The van der Waals surface area contributed by atoms with E-state index in [2.05, 4.69) is 0 Å². The van der Waals surface area contributed by atoms with Gasteiger partial charge in [0.25, 0.3) is 0 Å². The lowest BCUT2D eigenvalue weighted by atomic mass is 9.76. The zero-order valence-electron chi connectivity index (χ0n) is 11.4. The van der Waals surface area contributed by atoms with Crippen molar-refractivity contribution < 1.29 is 13.2 Å². The Morgan fingerprint density at radius 1 is 1.39 bits per heavy atom. The quantitative estimate of drug-likeness (QED) is 0.798. The molecular weight excluding hydrogens is 252 g/mol. The Hall–Kier alpha value is -0.620. The summed E-state index contributed by atoms with van der Waals surface area (Å²) in [4.78, 5) is 13.8. The van der Waals surface area contributed by atoms with Gasteiger partial charge in [-0.25, -0.2) is 8.42 Å². The SMILES string of the molecule is CC1CCCC(N)C1C(=O)N(C)CCS(C)(=O)=O. The van der Waals surface area contributed by atoms with E-state index in [4.69, 9.17) is 5.73 Å². The number of carbonyl (C=O) groups excluding carboxylic acids is 1. The first-order valence-electron chi connectivity index (χ1n) is 6.40. The lowest BCUT2D eigenvalue weighted by molar-refractivity contribution is -0.137. The van der Waals surface area contributed by atoms with Gasteiger partial charge in [0, 0.05) is 25.9 Å². The molecule has 0 saturated heterocycles. The number of sulfone groups is 1. The molecule has 1 saturated carbocycles. The minimum absolute atomic E-state index is 0.00553. The van der Waals surface area contributed by atoms with E-state index in [1.54, 1.807) is 7.05 Å². The van der Waals surface area contributed by atoms with Crippen LogP contribution in [0.4, 0.5) is 0 Å². The fourth-order valence-electron chi connectivity index (χ4n) is 2.55.